The average Bonchev–Trinajstić information content (AvgIpc) is 2.57. The van der Waals surface area contributed by atoms with Crippen molar-refractivity contribution in [3.05, 3.63) is 23.8 Å². The van der Waals surface area contributed by atoms with Crippen LogP contribution in [0.4, 0.5) is 5.69 Å². The summed E-state index contributed by atoms with van der Waals surface area (Å²) in [4.78, 5) is 4.64. The molecule has 0 N–H and O–H groups in total. The quantitative estimate of drug-likeness (QED) is 0.738. The number of hydrogen-bond acceptors (Lipinski definition) is 2. The van der Waals surface area contributed by atoms with Crippen LogP contribution in [0.15, 0.2) is 23.2 Å². The monoisotopic (exact) mass is 203 g/mol. The number of ether oxygens (including phenoxy) is 1. The van der Waals surface area contributed by atoms with Crippen LogP contribution >= 0.6 is 0 Å². The van der Waals surface area contributed by atoms with Gasteiger partial charge in [-0.3, -0.25) is 4.99 Å². The third-order valence-corrected chi connectivity index (χ3v) is 2.61. The molecule has 0 saturated carbocycles. The van der Waals surface area contributed by atoms with E-state index >= 15 is 0 Å². The molecule has 0 aliphatic carbocycles. The molecule has 0 spiro atoms. The standard InChI is InChI=1S/C13H17NO/c1-9(2)6-11-7-10-4-5-12(15-3)8-13(10)14-11/h4-5,8-9H,6-7H2,1-3H3. The normalized spacial score (nSPS) is 14.0. The molecule has 1 aliphatic heterocycles. The van der Waals surface area contributed by atoms with Gasteiger partial charge in [0.2, 0.25) is 0 Å². The molecular formula is C13H17NO. The van der Waals surface area contributed by atoms with Gasteiger partial charge in [-0.2, -0.15) is 0 Å². The lowest BCUT2D eigenvalue weighted by atomic mass is 10.0. The van der Waals surface area contributed by atoms with Crippen LogP contribution < -0.4 is 4.74 Å². The minimum absolute atomic E-state index is 0.681. The molecule has 0 fully saturated rings. The van der Waals surface area contributed by atoms with Crippen molar-refractivity contribution in [3.63, 3.8) is 0 Å². The van der Waals surface area contributed by atoms with Gasteiger partial charge < -0.3 is 4.74 Å². The van der Waals surface area contributed by atoms with Gasteiger partial charge in [-0.05, 0) is 24.0 Å². The third kappa shape index (κ3) is 2.20. The van der Waals surface area contributed by atoms with Crippen molar-refractivity contribution in [1.29, 1.82) is 0 Å². The smallest absolute Gasteiger partial charge is 0.121 e. The van der Waals surface area contributed by atoms with Crippen molar-refractivity contribution in [2.45, 2.75) is 26.7 Å². The lowest BCUT2D eigenvalue weighted by Gasteiger charge is -2.02. The van der Waals surface area contributed by atoms with Crippen molar-refractivity contribution in [2.24, 2.45) is 10.9 Å². The Bertz CT molecular complexity index is 394. The summed E-state index contributed by atoms with van der Waals surface area (Å²) in [6.07, 6.45) is 2.11. The second-order valence-corrected chi connectivity index (χ2v) is 4.45. The van der Waals surface area contributed by atoms with Gasteiger partial charge in [-0.15, -0.1) is 0 Å². The van der Waals surface area contributed by atoms with Crippen LogP contribution in [-0.4, -0.2) is 12.8 Å². The average molecular weight is 203 g/mol. The predicted octanol–water partition coefficient (Wildman–Crippen LogP) is 3.37. The fraction of sp³-hybridized carbons (Fsp3) is 0.462. The molecule has 15 heavy (non-hydrogen) atoms. The van der Waals surface area contributed by atoms with E-state index in [4.69, 9.17) is 4.74 Å². The van der Waals surface area contributed by atoms with Crippen LogP contribution in [0.1, 0.15) is 25.8 Å². The highest BCUT2D eigenvalue weighted by Gasteiger charge is 2.15. The molecule has 80 valence electrons. The molecule has 2 rings (SSSR count). The molecule has 0 amide bonds. The van der Waals surface area contributed by atoms with Gasteiger partial charge in [-0.25, -0.2) is 0 Å². The van der Waals surface area contributed by atoms with Crippen molar-refractivity contribution in [2.75, 3.05) is 7.11 Å². The lowest BCUT2D eigenvalue weighted by Crippen LogP contribution is -2.02. The van der Waals surface area contributed by atoms with Crippen LogP contribution in [0.3, 0.4) is 0 Å². The first-order valence-corrected chi connectivity index (χ1v) is 5.42. The molecule has 0 radical (unpaired) electrons. The van der Waals surface area contributed by atoms with E-state index in [0.29, 0.717) is 5.92 Å². The molecular weight excluding hydrogens is 186 g/mol. The van der Waals surface area contributed by atoms with E-state index < -0.39 is 0 Å². The number of benzene rings is 1. The highest BCUT2D eigenvalue weighted by atomic mass is 16.5. The van der Waals surface area contributed by atoms with E-state index in [-0.39, 0.29) is 0 Å². The Morgan fingerprint density at radius 2 is 2.20 bits per heavy atom. The summed E-state index contributed by atoms with van der Waals surface area (Å²) >= 11 is 0. The first-order chi connectivity index (χ1) is 7.19. The second kappa shape index (κ2) is 4.05. The van der Waals surface area contributed by atoms with Crippen LogP contribution in [0, 0.1) is 5.92 Å². The molecule has 2 heteroatoms. The Morgan fingerprint density at radius 3 is 2.87 bits per heavy atom. The van der Waals surface area contributed by atoms with Crippen LogP contribution in [0.5, 0.6) is 5.75 Å². The zero-order valence-corrected chi connectivity index (χ0v) is 9.58. The van der Waals surface area contributed by atoms with E-state index in [1.807, 2.05) is 12.1 Å². The summed E-state index contributed by atoms with van der Waals surface area (Å²) in [6, 6.07) is 6.14. The SMILES string of the molecule is COc1ccc2c(c1)N=C(CC(C)C)C2. The molecule has 0 bridgehead atoms. The summed E-state index contributed by atoms with van der Waals surface area (Å²) in [7, 11) is 1.69. The van der Waals surface area contributed by atoms with Crippen molar-refractivity contribution < 1.29 is 4.74 Å². The number of aliphatic imine (C=N–C) groups is 1. The summed E-state index contributed by atoms with van der Waals surface area (Å²) in [5.74, 6) is 1.57. The van der Waals surface area contributed by atoms with E-state index in [0.717, 1.165) is 24.3 Å². The zero-order valence-electron chi connectivity index (χ0n) is 9.58. The lowest BCUT2D eigenvalue weighted by molar-refractivity contribution is 0.415. The van der Waals surface area contributed by atoms with Crippen LogP contribution in [0.2, 0.25) is 0 Å². The number of nitrogens with zero attached hydrogens (tertiary/aromatic N) is 1. The van der Waals surface area contributed by atoms with Crippen molar-refractivity contribution >= 4 is 11.4 Å². The molecule has 1 aromatic carbocycles. The highest BCUT2D eigenvalue weighted by Crippen LogP contribution is 2.31. The topological polar surface area (TPSA) is 21.6 Å². The summed E-state index contributed by atoms with van der Waals surface area (Å²) in [6.45, 7) is 4.46. The maximum Gasteiger partial charge on any atom is 0.121 e. The molecule has 0 saturated heterocycles. The van der Waals surface area contributed by atoms with E-state index in [1.54, 1.807) is 7.11 Å². The summed E-state index contributed by atoms with van der Waals surface area (Å²) in [5.41, 5.74) is 3.71. The van der Waals surface area contributed by atoms with E-state index in [2.05, 4.69) is 24.9 Å². The minimum Gasteiger partial charge on any atom is -0.497 e. The summed E-state index contributed by atoms with van der Waals surface area (Å²) < 4.78 is 5.19. The van der Waals surface area contributed by atoms with Gasteiger partial charge in [0, 0.05) is 18.2 Å². The van der Waals surface area contributed by atoms with Crippen LogP contribution in [0.25, 0.3) is 0 Å². The Hall–Kier alpha value is -1.31. The van der Waals surface area contributed by atoms with E-state index in [9.17, 15) is 0 Å². The number of fused-ring (bicyclic) bond motifs is 1. The first kappa shape index (κ1) is 10.2. The van der Waals surface area contributed by atoms with Crippen molar-refractivity contribution in [1.82, 2.24) is 0 Å². The molecule has 2 nitrogen and oxygen atoms in total. The Kier molecular flexibility index (Phi) is 2.76. The van der Waals surface area contributed by atoms with E-state index in [1.165, 1.54) is 11.3 Å². The third-order valence-electron chi connectivity index (χ3n) is 2.61. The Morgan fingerprint density at radius 1 is 1.40 bits per heavy atom. The minimum atomic E-state index is 0.681. The van der Waals surface area contributed by atoms with Gasteiger partial charge in [0.1, 0.15) is 5.75 Å². The number of hydrogen-bond donors (Lipinski definition) is 0. The Balaban J connectivity index is 2.20. The molecule has 1 heterocycles. The second-order valence-electron chi connectivity index (χ2n) is 4.45. The zero-order chi connectivity index (χ0) is 10.8. The van der Waals surface area contributed by atoms with Gasteiger partial charge in [0.25, 0.3) is 0 Å². The highest BCUT2D eigenvalue weighted by molar-refractivity contribution is 5.94. The number of rotatable bonds is 3. The Labute approximate surface area is 91.0 Å². The van der Waals surface area contributed by atoms with Gasteiger partial charge >= 0.3 is 0 Å². The maximum atomic E-state index is 5.19. The molecule has 0 unspecified atom stereocenters. The predicted molar refractivity (Wildman–Crippen MR) is 63.2 cm³/mol. The number of methoxy groups -OCH3 is 1. The van der Waals surface area contributed by atoms with Crippen LogP contribution in [-0.2, 0) is 6.42 Å². The molecule has 0 atom stereocenters. The first-order valence-electron chi connectivity index (χ1n) is 5.42. The van der Waals surface area contributed by atoms with Gasteiger partial charge in [0.05, 0.1) is 12.8 Å². The molecule has 1 aromatic rings. The molecule has 1 aliphatic rings. The van der Waals surface area contributed by atoms with Gasteiger partial charge in [-0.1, -0.05) is 19.9 Å². The van der Waals surface area contributed by atoms with Crippen molar-refractivity contribution in [3.8, 4) is 5.75 Å². The fourth-order valence-corrected chi connectivity index (χ4v) is 1.94. The largest absolute Gasteiger partial charge is 0.497 e. The fourth-order valence-electron chi connectivity index (χ4n) is 1.94. The van der Waals surface area contributed by atoms with Gasteiger partial charge in [0.15, 0.2) is 0 Å². The summed E-state index contributed by atoms with van der Waals surface area (Å²) in [5, 5.41) is 0. The molecule has 0 aromatic heterocycles. The maximum absolute atomic E-state index is 5.19.